The van der Waals surface area contributed by atoms with Crippen LogP contribution in [0, 0.1) is 0 Å². The van der Waals surface area contributed by atoms with Crippen molar-refractivity contribution in [1.29, 1.82) is 0 Å². The number of benzene rings is 1. The summed E-state index contributed by atoms with van der Waals surface area (Å²) in [6.45, 7) is 5.05. The maximum absolute atomic E-state index is 12.2. The number of hydrogen-bond acceptors (Lipinski definition) is 4. The molecule has 0 atom stereocenters. The van der Waals surface area contributed by atoms with Gasteiger partial charge in [-0.05, 0) is 45.2 Å². The molecular weight excluding hydrogens is 350 g/mol. The molecule has 0 radical (unpaired) electrons. The van der Waals surface area contributed by atoms with E-state index >= 15 is 0 Å². The highest BCUT2D eigenvalue weighted by Crippen LogP contribution is 2.18. The zero-order valence-electron chi connectivity index (χ0n) is 15.8. The number of carboxylic acids is 1. The van der Waals surface area contributed by atoms with Crippen molar-refractivity contribution in [2.75, 3.05) is 25.0 Å². The van der Waals surface area contributed by atoms with Gasteiger partial charge in [0, 0.05) is 36.8 Å². The summed E-state index contributed by atoms with van der Waals surface area (Å²) in [4.78, 5) is 36.7. The first kappa shape index (κ1) is 20.5. The third-order valence-electron chi connectivity index (χ3n) is 4.33. The van der Waals surface area contributed by atoms with E-state index in [-0.39, 0.29) is 18.9 Å². The number of nitrogens with zero attached hydrogens (tertiary/aromatic N) is 1. The Labute approximate surface area is 158 Å². The summed E-state index contributed by atoms with van der Waals surface area (Å²) in [6.07, 6.45) is 2.35. The van der Waals surface area contributed by atoms with E-state index in [4.69, 9.17) is 9.84 Å². The average molecular weight is 377 g/mol. The van der Waals surface area contributed by atoms with Crippen molar-refractivity contribution in [2.24, 2.45) is 0 Å². The molecule has 3 amide bonds. The quantitative estimate of drug-likeness (QED) is 0.645. The summed E-state index contributed by atoms with van der Waals surface area (Å²) in [5, 5.41) is 14.2. The highest BCUT2D eigenvalue weighted by molar-refractivity contribution is 5.90. The lowest BCUT2D eigenvalue weighted by Gasteiger charge is -2.25. The Balaban J connectivity index is 1.84. The van der Waals surface area contributed by atoms with Gasteiger partial charge in [-0.1, -0.05) is 6.07 Å². The fourth-order valence-corrected chi connectivity index (χ4v) is 2.82. The van der Waals surface area contributed by atoms with Gasteiger partial charge in [-0.15, -0.1) is 0 Å². The third-order valence-corrected chi connectivity index (χ3v) is 4.33. The maximum atomic E-state index is 12.2. The molecule has 0 bridgehead atoms. The molecule has 8 nitrogen and oxygen atoms in total. The third kappa shape index (κ3) is 7.16. The highest BCUT2D eigenvalue weighted by atomic mass is 16.5. The number of nitrogens with one attached hydrogen (secondary N) is 2. The molecule has 1 aromatic rings. The SMILES string of the molecule is CC(C)(CCC(=O)O)NC(=O)Nc1cccc(OCC(=O)N2CCCC2)c1. The molecule has 2 rings (SSSR count). The number of anilines is 1. The van der Waals surface area contributed by atoms with E-state index in [1.165, 1.54) is 0 Å². The Bertz CT molecular complexity index is 684. The van der Waals surface area contributed by atoms with E-state index < -0.39 is 17.5 Å². The molecule has 1 heterocycles. The van der Waals surface area contributed by atoms with Crippen LogP contribution < -0.4 is 15.4 Å². The molecule has 27 heavy (non-hydrogen) atoms. The predicted molar refractivity (Wildman–Crippen MR) is 101 cm³/mol. The molecule has 0 aliphatic carbocycles. The number of carboxylic acid groups (broad SMARTS) is 1. The second-order valence-electron chi connectivity index (χ2n) is 7.26. The van der Waals surface area contributed by atoms with E-state index in [0.29, 0.717) is 17.9 Å². The smallest absolute Gasteiger partial charge is 0.319 e. The zero-order chi connectivity index (χ0) is 19.9. The van der Waals surface area contributed by atoms with Crippen LogP contribution >= 0.6 is 0 Å². The maximum Gasteiger partial charge on any atom is 0.319 e. The minimum absolute atomic E-state index is 0.0261. The van der Waals surface area contributed by atoms with E-state index in [0.717, 1.165) is 25.9 Å². The van der Waals surface area contributed by atoms with E-state index in [9.17, 15) is 14.4 Å². The van der Waals surface area contributed by atoms with Crippen molar-refractivity contribution in [3.63, 3.8) is 0 Å². The van der Waals surface area contributed by atoms with E-state index in [2.05, 4.69) is 10.6 Å². The number of carbonyl (C=O) groups excluding carboxylic acids is 2. The van der Waals surface area contributed by atoms with Gasteiger partial charge < -0.3 is 25.4 Å². The second kappa shape index (κ2) is 9.25. The number of aliphatic carboxylic acids is 1. The van der Waals surface area contributed by atoms with Crippen molar-refractivity contribution in [3.8, 4) is 5.75 Å². The first-order chi connectivity index (χ1) is 12.7. The average Bonchev–Trinajstić information content (AvgIpc) is 3.12. The molecule has 0 saturated carbocycles. The standard InChI is InChI=1S/C19H27N3O5/c1-19(2,9-8-17(24)25)21-18(26)20-14-6-5-7-15(12-14)27-13-16(23)22-10-3-4-11-22/h5-7,12H,3-4,8-11,13H2,1-2H3,(H,24,25)(H2,20,21,26). The van der Waals surface area contributed by atoms with Crippen LogP contribution in [-0.4, -0.2) is 53.1 Å². The molecule has 0 unspecified atom stereocenters. The summed E-state index contributed by atoms with van der Waals surface area (Å²) in [5.74, 6) is -0.451. The van der Waals surface area contributed by atoms with Crippen molar-refractivity contribution < 1.29 is 24.2 Å². The van der Waals surface area contributed by atoms with Crippen LogP contribution in [0.3, 0.4) is 0 Å². The lowest BCUT2D eigenvalue weighted by molar-refractivity contribution is -0.137. The number of rotatable bonds is 8. The fraction of sp³-hybridized carbons (Fsp3) is 0.526. The van der Waals surface area contributed by atoms with Gasteiger partial charge in [0.15, 0.2) is 6.61 Å². The van der Waals surface area contributed by atoms with E-state index in [1.54, 1.807) is 43.0 Å². The Morgan fingerprint density at radius 3 is 2.59 bits per heavy atom. The van der Waals surface area contributed by atoms with Crippen molar-refractivity contribution in [2.45, 2.75) is 45.1 Å². The molecule has 1 fully saturated rings. The van der Waals surface area contributed by atoms with Crippen LogP contribution in [0.5, 0.6) is 5.75 Å². The van der Waals surface area contributed by atoms with Crippen LogP contribution in [-0.2, 0) is 9.59 Å². The molecule has 0 spiro atoms. The predicted octanol–water partition coefficient (Wildman–Crippen LogP) is 2.45. The Kier molecular flexibility index (Phi) is 7.04. The van der Waals surface area contributed by atoms with Gasteiger partial charge in [0.2, 0.25) is 0 Å². The summed E-state index contributed by atoms with van der Waals surface area (Å²) >= 11 is 0. The Morgan fingerprint density at radius 2 is 1.93 bits per heavy atom. The van der Waals surface area contributed by atoms with Gasteiger partial charge in [-0.25, -0.2) is 4.79 Å². The van der Waals surface area contributed by atoms with Crippen molar-refractivity contribution in [3.05, 3.63) is 24.3 Å². The number of hydrogen-bond donors (Lipinski definition) is 3. The molecule has 1 saturated heterocycles. The molecular formula is C19H27N3O5. The first-order valence-corrected chi connectivity index (χ1v) is 9.07. The van der Waals surface area contributed by atoms with Gasteiger partial charge in [0.1, 0.15) is 5.75 Å². The molecule has 1 aliphatic rings. The number of amides is 3. The van der Waals surface area contributed by atoms with E-state index in [1.807, 2.05) is 0 Å². The fourth-order valence-electron chi connectivity index (χ4n) is 2.82. The van der Waals surface area contributed by atoms with Gasteiger partial charge >= 0.3 is 12.0 Å². The van der Waals surface area contributed by atoms with Gasteiger partial charge in [-0.2, -0.15) is 0 Å². The minimum atomic E-state index is -0.904. The largest absolute Gasteiger partial charge is 0.484 e. The second-order valence-corrected chi connectivity index (χ2v) is 7.26. The van der Waals surface area contributed by atoms with Crippen LogP contribution in [0.4, 0.5) is 10.5 Å². The minimum Gasteiger partial charge on any atom is -0.484 e. The molecule has 3 N–H and O–H groups in total. The van der Waals surface area contributed by atoms with Crippen LogP contribution in [0.2, 0.25) is 0 Å². The molecule has 0 aromatic heterocycles. The highest BCUT2D eigenvalue weighted by Gasteiger charge is 2.22. The lowest BCUT2D eigenvalue weighted by Crippen LogP contribution is -2.45. The molecule has 148 valence electrons. The van der Waals surface area contributed by atoms with Crippen molar-refractivity contribution >= 4 is 23.6 Å². The molecule has 1 aliphatic heterocycles. The summed E-state index contributed by atoms with van der Waals surface area (Å²) in [7, 11) is 0. The monoisotopic (exact) mass is 377 g/mol. The summed E-state index contributed by atoms with van der Waals surface area (Å²) in [5.41, 5.74) is -0.133. The number of urea groups is 1. The Hall–Kier alpha value is -2.77. The first-order valence-electron chi connectivity index (χ1n) is 9.07. The number of likely N-dealkylation sites (tertiary alicyclic amines) is 1. The lowest BCUT2D eigenvalue weighted by atomic mass is 9.99. The number of ether oxygens (including phenoxy) is 1. The normalized spacial score (nSPS) is 13.9. The van der Waals surface area contributed by atoms with Gasteiger partial charge in [-0.3, -0.25) is 9.59 Å². The summed E-state index contributed by atoms with van der Waals surface area (Å²) < 4.78 is 5.54. The number of carbonyl (C=O) groups is 3. The topological polar surface area (TPSA) is 108 Å². The van der Waals surface area contributed by atoms with Crippen LogP contribution in [0.1, 0.15) is 39.5 Å². The summed E-state index contributed by atoms with van der Waals surface area (Å²) in [6, 6.07) is 6.36. The van der Waals surface area contributed by atoms with Gasteiger partial charge in [0.25, 0.3) is 5.91 Å². The Morgan fingerprint density at radius 1 is 1.22 bits per heavy atom. The van der Waals surface area contributed by atoms with Gasteiger partial charge in [0.05, 0.1) is 0 Å². The van der Waals surface area contributed by atoms with Crippen LogP contribution in [0.15, 0.2) is 24.3 Å². The van der Waals surface area contributed by atoms with Crippen LogP contribution in [0.25, 0.3) is 0 Å². The zero-order valence-corrected chi connectivity index (χ0v) is 15.8. The molecule has 1 aromatic carbocycles. The van der Waals surface area contributed by atoms with Crippen molar-refractivity contribution in [1.82, 2.24) is 10.2 Å². The molecule has 8 heteroatoms.